The molecule has 0 saturated heterocycles. The number of rotatable bonds is 2. The average Bonchev–Trinajstić information content (AvgIpc) is 2.99. The number of methoxy groups -OCH3 is 1. The molecule has 0 aliphatic heterocycles. The molecule has 3 heteroatoms. The molecule has 0 atom stereocenters. The van der Waals surface area contributed by atoms with Gasteiger partial charge < -0.3 is 8.71 Å². The van der Waals surface area contributed by atoms with Crippen LogP contribution in [0.3, 0.4) is 0 Å². The molecule has 1 aromatic heterocycles. The lowest BCUT2D eigenvalue weighted by Gasteiger charge is -2.31. The number of hydrogen-bond acceptors (Lipinski definition) is 1. The Bertz CT molecular complexity index is 960. The topological polar surface area (TPSA) is 14.2 Å². The summed E-state index contributed by atoms with van der Waals surface area (Å²) in [5.41, 5.74) is 6.99. The quantitative estimate of drug-likeness (QED) is 0.608. The molecule has 0 amide bonds. The summed E-state index contributed by atoms with van der Waals surface area (Å²) in [6, 6.07) is 15.4. The van der Waals surface area contributed by atoms with Crippen LogP contribution in [0, 0.1) is 0 Å². The Morgan fingerprint density at radius 3 is 2.38 bits per heavy atom. The van der Waals surface area contributed by atoms with Gasteiger partial charge >= 0.3 is 0 Å². The third-order valence-electron chi connectivity index (χ3n) is 5.16. The SMILES string of the molecule is COc1ccc2c(c1)c1c(n2S(C)(C)C)-c2ccccc2C1(C)C. The van der Waals surface area contributed by atoms with E-state index in [4.69, 9.17) is 4.74 Å². The van der Waals surface area contributed by atoms with Crippen LogP contribution in [-0.4, -0.2) is 29.8 Å². The normalized spacial score (nSPS) is 16.1. The van der Waals surface area contributed by atoms with Crippen molar-refractivity contribution in [2.24, 2.45) is 0 Å². The minimum atomic E-state index is -0.948. The highest BCUT2D eigenvalue weighted by Crippen LogP contribution is 2.57. The fraction of sp³-hybridized carbons (Fsp3) is 0.333. The predicted molar refractivity (Wildman–Crippen MR) is 107 cm³/mol. The van der Waals surface area contributed by atoms with Crippen molar-refractivity contribution >= 4 is 21.1 Å². The predicted octanol–water partition coefficient (Wildman–Crippen LogP) is 5.41. The minimum absolute atomic E-state index is 0.00643. The van der Waals surface area contributed by atoms with Crippen LogP contribution in [0.25, 0.3) is 22.2 Å². The second kappa shape index (κ2) is 4.82. The van der Waals surface area contributed by atoms with Crippen molar-refractivity contribution in [1.82, 2.24) is 3.97 Å². The lowest BCUT2D eigenvalue weighted by Crippen LogP contribution is -2.14. The molecular formula is C21H25NOS. The van der Waals surface area contributed by atoms with Crippen LogP contribution in [0.2, 0.25) is 0 Å². The molecule has 0 fully saturated rings. The number of nitrogens with zero attached hydrogens (tertiary/aromatic N) is 1. The molecule has 1 aliphatic rings. The summed E-state index contributed by atoms with van der Waals surface area (Å²) in [5.74, 6) is 0.929. The van der Waals surface area contributed by atoms with Crippen molar-refractivity contribution in [3.8, 4) is 17.0 Å². The minimum Gasteiger partial charge on any atom is -0.497 e. The van der Waals surface area contributed by atoms with E-state index in [-0.39, 0.29) is 5.41 Å². The number of hydrogen-bond donors (Lipinski definition) is 0. The first-order valence-corrected chi connectivity index (χ1v) is 11.1. The highest BCUT2D eigenvalue weighted by atomic mass is 32.3. The largest absolute Gasteiger partial charge is 0.497 e. The van der Waals surface area contributed by atoms with E-state index in [2.05, 4.69) is 79.1 Å². The fourth-order valence-corrected chi connectivity index (χ4v) is 5.67. The van der Waals surface area contributed by atoms with Gasteiger partial charge in [-0.3, -0.25) is 0 Å². The van der Waals surface area contributed by atoms with Gasteiger partial charge in [0, 0.05) is 16.4 Å². The van der Waals surface area contributed by atoms with Crippen molar-refractivity contribution in [2.75, 3.05) is 25.9 Å². The summed E-state index contributed by atoms with van der Waals surface area (Å²) < 4.78 is 8.11. The van der Waals surface area contributed by atoms with Crippen molar-refractivity contribution in [1.29, 1.82) is 0 Å². The number of benzene rings is 2. The summed E-state index contributed by atoms with van der Waals surface area (Å²) in [5, 5.41) is 1.33. The fourth-order valence-electron chi connectivity index (χ4n) is 4.18. The van der Waals surface area contributed by atoms with Crippen LogP contribution in [0.15, 0.2) is 42.5 Å². The molecule has 24 heavy (non-hydrogen) atoms. The molecule has 0 spiro atoms. The van der Waals surface area contributed by atoms with Gasteiger partial charge in [0.2, 0.25) is 0 Å². The third kappa shape index (κ3) is 1.91. The van der Waals surface area contributed by atoms with Crippen molar-refractivity contribution in [3.63, 3.8) is 0 Å². The molecule has 3 aromatic rings. The second-order valence-corrected chi connectivity index (χ2v) is 11.8. The van der Waals surface area contributed by atoms with Gasteiger partial charge in [0.05, 0.1) is 18.3 Å². The maximum Gasteiger partial charge on any atom is 0.119 e. The van der Waals surface area contributed by atoms with E-state index in [0.29, 0.717) is 0 Å². The number of ether oxygens (including phenoxy) is 1. The smallest absolute Gasteiger partial charge is 0.119 e. The zero-order valence-electron chi connectivity index (χ0n) is 15.3. The Kier molecular flexibility index (Phi) is 3.14. The Labute approximate surface area is 145 Å². The highest BCUT2D eigenvalue weighted by molar-refractivity contribution is 8.31. The van der Waals surface area contributed by atoms with Gasteiger partial charge in [0.1, 0.15) is 5.75 Å². The second-order valence-electron chi connectivity index (χ2n) is 7.84. The van der Waals surface area contributed by atoms with E-state index in [9.17, 15) is 0 Å². The van der Waals surface area contributed by atoms with Gasteiger partial charge in [0.25, 0.3) is 0 Å². The van der Waals surface area contributed by atoms with Gasteiger partial charge in [-0.25, -0.2) is 0 Å². The van der Waals surface area contributed by atoms with Crippen molar-refractivity contribution in [2.45, 2.75) is 19.3 Å². The monoisotopic (exact) mass is 339 g/mol. The van der Waals surface area contributed by atoms with E-state index < -0.39 is 10.2 Å². The molecule has 1 aliphatic carbocycles. The molecule has 4 rings (SSSR count). The summed E-state index contributed by atoms with van der Waals surface area (Å²) in [6.45, 7) is 4.69. The van der Waals surface area contributed by atoms with Gasteiger partial charge in [-0.1, -0.05) is 38.1 Å². The van der Waals surface area contributed by atoms with Crippen molar-refractivity contribution in [3.05, 3.63) is 53.6 Å². The van der Waals surface area contributed by atoms with Crippen LogP contribution >= 0.6 is 10.2 Å². The Morgan fingerprint density at radius 1 is 1.00 bits per heavy atom. The van der Waals surface area contributed by atoms with Crippen LogP contribution in [0.5, 0.6) is 5.75 Å². The molecule has 0 saturated carbocycles. The van der Waals surface area contributed by atoms with Crippen LogP contribution in [-0.2, 0) is 5.41 Å². The van der Waals surface area contributed by atoms with Crippen LogP contribution in [0.4, 0.5) is 0 Å². The summed E-state index contributed by atoms with van der Waals surface area (Å²) in [7, 11) is 0.795. The van der Waals surface area contributed by atoms with Gasteiger partial charge in [-0.2, -0.15) is 10.2 Å². The van der Waals surface area contributed by atoms with Gasteiger partial charge in [-0.05, 0) is 48.1 Å². The number of aromatic nitrogens is 1. The molecule has 0 N–H and O–H groups in total. The Balaban J connectivity index is 2.23. The van der Waals surface area contributed by atoms with E-state index in [1.165, 1.54) is 33.3 Å². The average molecular weight is 340 g/mol. The van der Waals surface area contributed by atoms with Crippen LogP contribution in [0.1, 0.15) is 25.0 Å². The summed E-state index contributed by atoms with van der Waals surface area (Å²) in [4.78, 5) is 0. The highest BCUT2D eigenvalue weighted by Gasteiger charge is 2.41. The molecule has 1 heterocycles. The molecule has 0 unspecified atom stereocenters. The van der Waals surface area contributed by atoms with E-state index in [1.807, 2.05) is 0 Å². The zero-order valence-corrected chi connectivity index (χ0v) is 16.1. The first-order valence-electron chi connectivity index (χ1n) is 8.28. The molecule has 0 bridgehead atoms. The summed E-state index contributed by atoms with van der Waals surface area (Å²) in [6.07, 6.45) is 7.10. The Hall–Kier alpha value is -1.87. The van der Waals surface area contributed by atoms with Gasteiger partial charge in [0.15, 0.2) is 0 Å². The van der Waals surface area contributed by atoms with Crippen LogP contribution < -0.4 is 4.74 Å². The maximum atomic E-state index is 5.52. The van der Waals surface area contributed by atoms with E-state index >= 15 is 0 Å². The zero-order chi connectivity index (χ0) is 17.3. The lowest BCUT2D eigenvalue weighted by molar-refractivity contribution is 0.415. The first kappa shape index (κ1) is 15.6. The van der Waals surface area contributed by atoms with E-state index in [0.717, 1.165) is 5.75 Å². The van der Waals surface area contributed by atoms with Gasteiger partial charge in [-0.15, -0.1) is 0 Å². The number of fused-ring (bicyclic) bond motifs is 5. The third-order valence-corrected chi connectivity index (χ3v) is 6.63. The van der Waals surface area contributed by atoms with Crippen molar-refractivity contribution < 1.29 is 4.74 Å². The van der Waals surface area contributed by atoms with E-state index in [1.54, 1.807) is 7.11 Å². The lowest BCUT2D eigenvalue weighted by atomic mass is 9.81. The summed E-state index contributed by atoms with van der Waals surface area (Å²) >= 11 is 0. The molecule has 2 nitrogen and oxygen atoms in total. The Morgan fingerprint density at radius 2 is 1.71 bits per heavy atom. The standard InChI is InChI=1S/C21H25NOS/c1-21(2)17-10-8-7-9-15(17)20-19(21)16-13-14(23-3)11-12-18(16)22(20)24(4,5)6/h7-13H,1-6H3. The first-order chi connectivity index (χ1) is 11.3. The molecule has 0 radical (unpaired) electrons. The molecule has 2 aromatic carbocycles. The molecule has 126 valence electrons. The molecular weight excluding hydrogens is 314 g/mol. The maximum absolute atomic E-state index is 5.52.